The van der Waals surface area contributed by atoms with Crippen LogP contribution in [0.25, 0.3) is 0 Å². The fraction of sp³-hybridized carbons (Fsp3) is 0.459. The second-order valence-corrected chi connectivity index (χ2v) is 13.0. The topological polar surface area (TPSA) is 125 Å². The fourth-order valence-corrected chi connectivity index (χ4v) is 7.44. The molecule has 1 aliphatic carbocycles. The Morgan fingerprint density at radius 3 is 2.43 bits per heavy atom. The lowest BCUT2D eigenvalue weighted by molar-refractivity contribution is -0.140. The second-order valence-electron chi connectivity index (χ2n) is 13.0. The van der Waals surface area contributed by atoms with Gasteiger partial charge in [-0.1, -0.05) is 13.8 Å². The minimum Gasteiger partial charge on any atom is -0.511 e. The zero-order chi connectivity index (χ0) is 33.0. The summed E-state index contributed by atoms with van der Waals surface area (Å²) in [5, 5.41) is 25.5. The smallest absolute Gasteiger partial charge is 0.305 e. The van der Waals surface area contributed by atoms with Crippen LogP contribution in [-0.4, -0.2) is 59.2 Å². The van der Waals surface area contributed by atoms with Crippen LogP contribution in [0.4, 0.5) is 0 Å². The highest BCUT2D eigenvalue weighted by Gasteiger charge is 2.41. The first-order chi connectivity index (χ1) is 22.0. The highest BCUT2D eigenvalue weighted by molar-refractivity contribution is 6.21. The molecule has 0 amide bonds. The fourth-order valence-electron chi connectivity index (χ4n) is 7.44. The Bertz CT molecular complexity index is 1770. The number of carbonyl (C=O) groups excluding carboxylic acids is 1. The van der Waals surface area contributed by atoms with Crippen LogP contribution in [0.2, 0.25) is 0 Å². The van der Waals surface area contributed by atoms with Gasteiger partial charge >= 0.3 is 5.97 Å². The van der Waals surface area contributed by atoms with Crippen LogP contribution in [0, 0.1) is 11.8 Å². The third-order valence-electron chi connectivity index (χ3n) is 9.91. The number of nitrogens with one attached hydrogen (secondary N) is 1. The number of carbonyl (C=O) groups is 1. The van der Waals surface area contributed by atoms with E-state index in [1.807, 2.05) is 39.8 Å². The number of rotatable bonds is 8. The number of esters is 1. The third-order valence-corrected chi connectivity index (χ3v) is 9.91. The van der Waals surface area contributed by atoms with Crippen LogP contribution >= 0.6 is 0 Å². The third kappa shape index (κ3) is 5.29. The maximum atomic E-state index is 12.3. The highest BCUT2D eigenvalue weighted by atomic mass is 16.5. The number of aliphatic hydroxyl groups excluding tert-OH is 2. The molecule has 3 atom stereocenters. The zero-order valence-electron chi connectivity index (χ0n) is 28.0. The molecule has 46 heavy (non-hydrogen) atoms. The molecule has 0 spiro atoms. The van der Waals surface area contributed by atoms with E-state index in [0.29, 0.717) is 18.6 Å². The summed E-state index contributed by atoms with van der Waals surface area (Å²) in [5.74, 6) is 0.0517. The van der Waals surface area contributed by atoms with E-state index in [1.165, 1.54) is 7.11 Å². The number of allylic oxidation sites excluding steroid dienone is 11. The Kier molecular flexibility index (Phi) is 8.50. The summed E-state index contributed by atoms with van der Waals surface area (Å²) in [6, 6.07) is 0. The summed E-state index contributed by atoms with van der Waals surface area (Å²) >= 11 is 0. The van der Waals surface area contributed by atoms with Gasteiger partial charge in [0.1, 0.15) is 11.9 Å². The van der Waals surface area contributed by atoms with E-state index in [4.69, 9.17) is 24.5 Å². The van der Waals surface area contributed by atoms with Gasteiger partial charge in [0, 0.05) is 52.8 Å². The molecule has 8 bridgehead atoms. The average Bonchev–Trinajstić information content (AvgIpc) is 3.77. The maximum absolute atomic E-state index is 12.3. The van der Waals surface area contributed by atoms with Gasteiger partial charge in [-0.05, 0) is 88.0 Å². The molecular weight excluding hydrogens is 580 g/mol. The molecule has 0 radical (unpaired) electrons. The van der Waals surface area contributed by atoms with Gasteiger partial charge in [0.25, 0.3) is 0 Å². The second kappa shape index (κ2) is 12.3. The van der Waals surface area contributed by atoms with E-state index >= 15 is 0 Å². The highest BCUT2D eigenvalue weighted by Crippen LogP contribution is 2.46. The van der Waals surface area contributed by atoms with E-state index < -0.39 is 6.10 Å². The number of hydrogen-bond donors (Lipinski definition) is 3. The normalized spacial score (nSPS) is 24.5. The number of hydrogen-bond acceptors (Lipinski definition) is 9. The van der Waals surface area contributed by atoms with Crippen LogP contribution in [0.1, 0.15) is 74.1 Å². The van der Waals surface area contributed by atoms with E-state index in [1.54, 1.807) is 0 Å². The Morgan fingerprint density at radius 2 is 1.76 bits per heavy atom. The number of methoxy groups -OCH3 is 1. The molecule has 1 saturated heterocycles. The first-order valence-electron chi connectivity index (χ1n) is 16.3. The van der Waals surface area contributed by atoms with E-state index in [0.717, 1.165) is 91.1 Å². The van der Waals surface area contributed by atoms with Crippen LogP contribution in [0.3, 0.4) is 0 Å². The van der Waals surface area contributed by atoms with Gasteiger partial charge < -0.3 is 25.0 Å². The summed E-state index contributed by atoms with van der Waals surface area (Å²) < 4.78 is 11.2. The van der Waals surface area contributed by atoms with Crippen molar-refractivity contribution in [1.82, 2.24) is 5.32 Å². The quantitative estimate of drug-likeness (QED) is 0.269. The van der Waals surface area contributed by atoms with E-state index in [2.05, 4.69) is 32.2 Å². The SMILES string of the molecule is CCC1=C(C)C2=NC1=CC1=C(C)C3=C(O)CC(=C4NC(=CC5=NC(=C2)C(C(CO)OC(C)C)=C5C)[C@@H](C)[C@@H]4CCC(=O)OC)C3=N1. The predicted octanol–water partition coefficient (Wildman–Crippen LogP) is 6.40. The van der Waals surface area contributed by atoms with Crippen molar-refractivity contribution in [3.8, 4) is 0 Å². The van der Waals surface area contributed by atoms with Crippen molar-refractivity contribution in [2.24, 2.45) is 26.8 Å². The molecule has 0 saturated carbocycles. The van der Waals surface area contributed by atoms with Crippen LogP contribution in [-0.2, 0) is 14.3 Å². The molecule has 5 heterocycles. The predicted molar refractivity (Wildman–Crippen MR) is 180 cm³/mol. The van der Waals surface area contributed by atoms with Gasteiger partial charge in [0.05, 0.1) is 54.0 Å². The van der Waals surface area contributed by atoms with Crippen molar-refractivity contribution in [1.29, 1.82) is 0 Å². The van der Waals surface area contributed by atoms with Crippen molar-refractivity contribution in [2.75, 3.05) is 13.7 Å². The Hall–Kier alpha value is -4.08. The Labute approximate surface area is 271 Å². The van der Waals surface area contributed by atoms with Gasteiger partial charge in [0.2, 0.25) is 0 Å². The van der Waals surface area contributed by atoms with Crippen LogP contribution in [0.5, 0.6) is 0 Å². The van der Waals surface area contributed by atoms with Crippen molar-refractivity contribution >= 4 is 23.1 Å². The Morgan fingerprint density at radius 1 is 1.04 bits per heavy atom. The van der Waals surface area contributed by atoms with Crippen molar-refractivity contribution in [3.63, 3.8) is 0 Å². The lowest BCUT2D eigenvalue weighted by Gasteiger charge is -2.21. The molecule has 0 aromatic rings. The summed E-state index contributed by atoms with van der Waals surface area (Å²) in [5.41, 5.74) is 13.3. The van der Waals surface area contributed by atoms with Crippen molar-refractivity contribution < 1.29 is 24.5 Å². The molecule has 1 unspecified atom stereocenters. The number of nitrogens with zero attached hydrogens (tertiary/aromatic N) is 3. The Balaban J connectivity index is 1.59. The monoisotopic (exact) mass is 624 g/mol. The molecule has 3 N–H and O–H groups in total. The summed E-state index contributed by atoms with van der Waals surface area (Å²) in [6.45, 7) is 14.1. The molecule has 9 nitrogen and oxygen atoms in total. The minimum atomic E-state index is -0.552. The summed E-state index contributed by atoms with van der Waals surface area (Å²) in [7, 11) is 1.41. The standard InChI is InChI=1S/C37H44N4O5/c1-9-22-18(4)25-15-30-34(32(16-42)46-17(2)3)20(6)27(39-30)13-26-19(5)23(10-11-33(44)45-8)36(40-26)24-12-31(43)35-21(7)28(41-37(24)35)14-29(22)38-25/h13-15,17,19,23,32,40,42-43H,9-12,16H2,1-8H3/t19-,23-,32?/m0/s1. The largest absolute Gasteiger partial charge is 0.511 e. The number of fused-ring (bicyclic) bond motifs is 5. The van der Waals surface area contributed by atoms with Crippen molar-refractivity contribution in [3.05, 3.63) is 91.5 Å². The zero-order valence-corrected chi connectivity index (χ0v) is 28.0. The molecule has 6 rings (SSSR count). The van der Waals surface area contributed by atoms with Crippen LogP contribution < -0.4 is 5.32 Å². The molecular formula is C37H44N4O5. The molecule has 5 aliphatic heterocycles. The van der Waals surface area contributed by atoms with E-state index in [9.17, 15) is 15.0 Å². The molecule has 6 aliphatic rings. The van der Waals surface area contributed by atoms with Gasteiger partial charge in [-0.25, -0.2) is 15.0 Å². The number of ether oxygens (including phenoxy) is 2. The molecule has 1 fully saturated rings. The molecule has 0 aromatic heterocycles. The lowest BCUT2D eigenvalue weighted by atomic mass is 9.86. The summed E-state index contributed by atoms with van der Waals surface area (Å²) in [4.78, 5) is 27.6. The van der Waals surface area contributed by atoms with Gasteiger partial charge in [-0.3, -0.25) is 4.79 Å². The maximum Gasteiger partial charge on any atom is 0.305 e. The first-order valence-corrected chi connectivity index (χ1v) is 16.3. The molecule has 0 aromatic carbocycles. The van der Waals surface area contributed by atoms with E-state index in [-0.39, 0.29) is 36.9 Å². The number of aliphatic imine (C=N–C) groups is 3. The van der Waals surface area contributed by atoms with Gasteiger partial charge in [-0.15, -0.1) is 0 Å². The molecule has 242 valence electrons. The van der Waals surface area contributed by atoms with Gasteiger partial charge in [0.15, 0.2) is 0 Å². The van der Waals surface area contributed by atoms with Gasteiger partial charge in [-0.2, -0.15) is 0 Å². The number of aliphatic hydroxyl groups is 2. The van der Waals surface area contributed by atoms with Crippen molar-refractivity contribution in [2.45, 2.75) is 86.4 Å². The molecule has 9 heteroatoms. The summed E-state index contributed by atoms with van der Waals surface area (Å²) in [6.07, 6.45) is 7.48. The first kappa shape index (κ1) is 31.9. The lowest BCUT2D eigenvalue weighted by Crippen LogP contribution is -2.25. The average molecular weight is 625 g/mol. The van der Waals surface area contributed by atoms with Crippen LogP contribution in [0.15, 0.2) is 106 Å². The minimum absolute atomic E-state index is 0.0249.